The average molecular weight is 599 g/mol. The number of carbonyl (C=O) groups excluding carboxylic acids is 1. The minimum Gasteiger partial charge on any atom is -0.488 e. The van der Waals surface area contributed by atoms with Crippen LogP contribution in [-0.2, 0) is 16.1 Å². The van der Waals surface area contributed by atoms with Gasteiger partial charge in [0.1, 0.15) is 18.2 Å². The van der Waals surface area contributed by atoms with E-state index in [0.29, 0.717) is 38.7 Å². The largest absolute Gasteiger partial charge is 0.488 e. The second-order valence-electron chi connectivity index (χ2n) is 10.7. The Balaban J connectivity index is 1.62. The minimum atomic E-state index is -0.662. The molecule has 1 aliphatic rings. The molecule has 0 spiro atoms. The fourth-order valence-corrected chi connectivity index (χ4v) is 6.12. The van der Waals surface area contributed by atoms with Gasteiger partial charge in [0.15, 0.2) is 4.80 Å². The first-order chi connectivity index (χ1) is 20.8. The van der Waals surface area contributed by atoms with Gasteiger partial charge in [0.25, 0.3) is 5.56 Å². The molecule has 0 bridgehead atoms. The lowest BCUT2D eigenvalue weighted by Gasteiger charge is -2.26. The van der Waals surface area contributed by atoms with Crippen molar-refractivity contribution in [2.75, 3.05) is 6.61 Å². The Morgan fingerprint density at radius 1 is 1.05 bits per heavy atom. The van der Waals surface area contributed by atoms with Gasteiger partial charge in [-0.15, -0.1) is 0 Å². The van der Waals surface area contributed by atoms with Crippen molar-refractivity contribution in [2.24, 2.45) is 4.99 Å². The van der Waals surface area contributed by atoms with Crippen LogP contribution in [0.1, 0.15) is 74.8 Å². The predicted octanol–water partition coefficient (Wildman–Crippen LogP) is 6.42. The number of halogens is 1. The van der Waals surface area contributed by atoms with E-state index in [9.17, 15) is 14.0 Å². The molecule has 5 rings (SSSR count). The average Bonchev–Trinajstić information content (AvgIpc) is 3.31. The SMILES string of the molecule is CCCC1=C(C(=O)OCC)[C@@H](c2ccc(C(C)C)cc2)n2c(s/c(=C\c3ccccc3OCc3ccc(F)cc3)c2=O)=N1. The van der Waals surface area contributed by atoms with E-state index in [1.54, 1.807) is 29.7 Å². The Hall–Kier alpha value is -4.30. The quantitative estimate of drug-likeness (QED) is 0.198. The second-order valence-corrected chi connectivity index (χ2v) is 11.7. The first-order valence-corrected chi connectivity index (χ1v) is 15.4. The lowest BCUT2D eigenvalue weighted by Crippen LogP contribution is -2.40. The van der Waals surface area contributed by atoms with Crippen LogP contribution < -0.4 is 19.6 Å². The summed E-state index contributed by atoms with van der Waals surface area (Å²) in [4.78, 5) is 32.9. The van der Waals surface area contributed by atoms with Gasteiger partial charge in [-0.25, -0.2) is 14.2 Å². The zero-order valence-electron chi connectivity index (χ0n) is 24.8. The fraction of sp³-hybridized carbons (Fsp3) is 0.286. The Morgan fingerprint density at radius 3 is 2.44 bits per heavy atom. The van der Waals surface area contributed by atoms with Gasteiger partial charge in [0.05, 0.1) is 28.5 Å². The first kappa shape index (κ1) is 30.2. The van der Waals surface area contributed by atoms with E-state index in [1.807, 2.05) is 55.5 Å². The topological polar surface area (TPSA) is 69.9 Å². The number of aromatic nitrogens is 1. The fourth-order valence-electron chi connectivity index (χ4n) is 5.11. The van der Waals surface area contributed by atoms with Gasteiger partial charge < -0.3 is 9.47 Å². The van der Waals surface area contributed by atoms with E-state index >= 15 is 0 Å². The predicted molar refractivity (Wildman–Crippen MR) is 167 cm³/mol. The van der Waals surface area contributed by atoms with Crippen LogP contribution in [-0.4, -0.2) is 17.1 Å². The molecule has 1 aliphatic heterocycles. The Bertz CT molecular complexity index is 1820. The molecule has 2 heterocycles. The number of benzene rings is 3. The van der Waals surface area contributed by atoms with Crippen LogP contribution in [0.2, 0.25) is 0 Å². The number of carbonyl (C=O) groups is 1. The highest BCUT2D eigenvalue weighted by molar-refractivity contribution is 7.07. The van der Waals surface area contributed by atoms with Crippen LogP contribution in [0.5, 0.6) is 5.75 Å². The van der Waals surface area contributed by atoms with Crippen LogP contribution in [0.25, 0.3) is 6.08 Å². The Morgan fingerprint density at radius 2 is 1.77 bits per heavy atom. The monoisotopic (exact) mass is 598 g/mol. The highest BCUT2D eigenvalue weighted by Crippen LogP contribution is 2.33. The van der Waals surface area contributed by atoms with Gasteiger partial charge >= 0.3 is 5.97 Å². The van der Waals surface area contributed by atoms with E-state index in [0.717, 1.165) is 23.1 Å². The van der Waals surface area contributed by atoms with Gasteiger partial charge in [0.2, 0.25) is 0 Å². The molecule has 1 atom stereocenters. The molecule has 8 heteroatoms. The summed E-state index contributed by atoms with van der Waals surface area (Å²) in [5.74, 6) is 0.179. The van der Waals surface area contributed by atoms with Crippen LogP contribution in [0.15, 0.2) is 93.9 Å². The number of allylic oxidation sites excluding steroid dienone is 1. The maximum absolute atomic E-state index is 14.1. The lowest BCUT2D eigenvalue weighted by atomic mass is 9.92. The molecule has 0 fully saturated rings. The van der Waals surface area contributed by atoms with E-state index in [1.165, 1.54) is 29.0 Å². The van der Waals surface area contributed by atoms with E-state index < -0.39 is 12.0 Å². The molecule has 43 heavy (non-hydrogen) atoms. The van der Waals surface area contributed by atoms with Gasteiger partial charge in [-0.2, -0.15) is 0 Å². The number of esters is 1. The number of nitrogens with zero attached hydrogens (tertiary/aromatic N) is 2. The van der Waals surface area contributed by atoms with Crippen molar-refractivity contribution >= 4 is 23.4 Å². The summed E-state index contributed by atoms with van der Waals surface area (Å²) in [5, 5.41) is 0. The third-order valence-electron chi connectivity index (χ3n) is 7.32. The molecule has 222 valence electrons. The molecule has 6 nitrogen and oxygen atoms in total. The van der Waals surface area contributed by atoms with E-state index in [2.05, 4.69) is 13.8 Å². The molecule has 4 aromatic rings. The van der Waals surface area contributed by atoms with Crippen molar-refractivity contribution in [1.82, 2.24) is 4.57 Å². The van der Waals surface area contributed by atoms with Gasteiger partial charge in [-0.1, -0.05) is 93.1 Å². The number of thiazole rings is 1. The molecular weight excluding hydrogens is 563 g/mol. The van der Waals surface area contributed by atoms with Crippen LogP contribution in [0.3, 0.4) is 0 Å². The Labute approximate surface area is 254 Å². The standard InChI is InChI=1S/C35H35FN2O4S/c1-5-9-28-31(34(40)41-6-2)32(25-16-14-24(15-17-25)22(3)4)38-33(39)30(43-35(38)37-28)20-26-10-7-8-11-29(26)42-21-23-12-18-27(36)19-13-23/h7-8,10-20,22,32H,5-6,9,21H2,1-4H3/b30-20-/t32-/m1/s1. The summed E-state index contributed by atoms with van der Waals surface area (Å²) in [5.41, 5.74) is 4.36. The summed E-state index contributed by atoms with van der Waals surface area (Å²) in [6.45, 7) is 8.54. The van der Waals surface area contributed by atoms with Gasteiger partial charge in [-0.05, 0) is 60.2 Å². The zero-order chi connectivity index (χ0) is 30.5. The summed E-state index contributed by atoms with van der Waals surface area (Å²) >= 11 is 1.29. The number of ether oxygens (including phenoxy) is 2. The number of hydrogen-bond donors (Lipinski definition) is 0. The molecule has 1 aromatic heterocycles. The number of rotatable bonds is 10. The molecule has 0 amide bonds. The van der Waals surface area contributed by atoms with Crippen molar-refractivity contribution in [2.45, 2.75) is 59.1 Å². The van der Waals surface area contributed by atoms with E-state index in [4.69, 9.17) is 14.5 Å². The summed E-state index contributed by atoms with van der Waals surface area (Å²) in [7, 11) is 0. The molecule has 0 unspecified atom stereocenters. The number of hydrogen-bond acceptors (Lipinski definition) is 6. The normalized spacial score (nSPS) is 14.9. The molecule has 0 radical (unpaired) electrons. The smallest absolute Gasteiger partial charge is 0.338 e. The highest BCUT2D eigenvalue weighted by atomic mass is 32.1. The highest BCUT2D eigenvalue weighted by Gasteiger charge is 2.34. The van der Waals surface area contributed by atoms with Crippen molar-refractivity contribution < 1.29 is 18.7 Å². The van der Waals surface area contributed by atoms with Crippen LogP contribution >= 0.6 is 11.3 Å². The van der Waals surface area contributed by atoms with Crippen molar-refractivity contribution in [3.8, 4) is 5.75 Å². The van der Waals surface area contributed by atoms with E-state index in [-0.39, 0.29) is 24.6 Å². The molecule has 0 saturated heterocycles. The Kier molecular flexibility index (Phi) is 9.36. The van der Waals surface area contributed by atoms with Gasteiger partial charge in [0, 0.05) is 5.56 Å². The third-order valence-corrected chi connectivity index (χ3v) is 8.31. The van der Waals surface area contributed by atoms with Gasteiger partial charge in [-0.3, -0.25) is 9.36 Å². The molecule has 0 saturated carbocycles. The molecule has 0 aliphatic carbocycles. The van der Waals surface area contributed by atoms with Crippen LogP contribution in [0.4, 0.5) is 4.39 Å². The maximum Gasteiger partial charge on any atom is 0.338 e. The third kappa shape index (κ3) is 6.54. The zero-order valence-corrected chi connectivity index (χ0v) is 25.6. The molecule has 3 aromatic carbocycles. The van der Waals surface area contributed by atoms with Crippen molar-refractivity contribution in [3.63, 3.8) is 0 Å². The first-order valence-electron chi connectivity index (χ1n) is 14.6. The number of para-hydroxylation sites is 1. The van der Waals surface area contributed by atoms with Crippen LogP contribution in [0, 0.1) is 5.82 Å². The number of fused-ring (bicyclic) bond motifs is 1. The maximum atomic E-state index is 14.1. The summed E-state index contributed by atoms with van der Waals surface area (Å²) < 4.78 is 27.0. The summed E-state index contributed by atoms with van der Waals surface area (Å²) in [6, 6.07) is 21.0. The minimum absolute atomic E-state index is 0.222. The van der Waals surface area contributed by atoms with Crippen molar-refractivity contribution in [3.05, 3.63) is 132 Å². The summed E-state index contributed by atoms with van der Waals surface area (Å²) in [6.07, 6.45) is 3.17. The molecular formula is C35H35FN2O4S. The van der Waals surface area contributed by atoms with Crippen molar-refractivity contribution in [1.29, 1.82) is 0 Å². The molecule has 0 N–H and O–H groups in total. The lowest BCUT2D eigenvalue weighted by molar-refractivity contribution is -0.139. The second kappa shape index (κ2) is 13.3.